The zero-order valence-electron chi connectivity index (χ0n) is 17.6. The molecular weight excluding hydrogens is 414 g/mol. The summed E-state index contributed by atoms with van der Waals surface area (Å²) in [5, 5.41) is 6.31. The van der Waals surface area contributed by atoms with Crippen molar-refractivity contribution in [3.63, 3.8) is 0 Å². The topological polar surface area (TPSA) is 80.3 Å². The van der Waals surface area contributed by atoms with Gasteiger partial charge in [-0.2, -0.15) is 0 Å². The third-order valence-corrected chi connectivity index (χ3v) is 5.29. The predicted molar refractivity (Wildman–Crippen MR) is 121 cm³/mol. The van der Waals surface area contributed by atoms with Gasteiger partial charge >= 0.3 is 0 Å². The molecule has 1 heterocycles. The monoisotopic (exact) mass is 437 g/mol. The molecule has 0 aliphatic heterocycles. The van der Waals surface area contributed by atoms with Gasteiger partial charge in [-0.1, -0.05) is 29.8 Å². The summed E-state index contributed by atoms with van der Waals surface area (Å²) in [5.74, 6) is -0.0976. The first kappa shape index (κ1) is 22.3. The van der Waals surface area contributed by atoms with Crippen LogP contribution in [-0.2, 0) is 11.3 Å². The fourth-order valence-electron chi connectivity index (χ4n) is 3.04. The molecule has 3 aromatic rings. The lowest BCUT2D eigenvalue weighted by atomic mass is 10.1. The van der Waals surface area contributed by atoms with Gasteiger partial charge in [0, 0.05) is 24.0 Å². The number of aromatic nitrogens is 1. The van der Waals surface area contributed by atoms with Crippen LogP contribution in [0, 0.1) is 13.8 Å². The Balaban J connectivity index is 1.66. The van der Waals surface area contributed by atoms with Crippen LogP contribution < -0.4 is 15.4 Å². The summed E-state index contributed by atoms with van der Waals surface area (Å²) in [6.45, 7) is 5.75. The number of carbonyl (C=O) groups is 2. The molecule has 1 aromatic heterocycles. The largest absolute Gasteiger partial charge is 0.481 e. The Hall–Kier alpha value is -3.38. The third kappa shape index (κ3) is 5.83. The molecule has 6 nitrogen and oxygen atoms in total. The van der Waals surface area contributed by atoms with E-state index in [2.05, 4.69) is 15.6 Å². The summed E-state index contributed by atoms with van der Waals surface area (Å²) in [5.41, 5.74) is 3.41. The Morgan fingerprint density at radius 3 is 2.48 bits per heavy atom. The number of benzene rings is 2. The predicted octanol–water partition coefficient (Wildman–Crippen LogP) is 4.69. The van der Waals surface area contributed by atoms with Crippen LogP contribution in [0.3, 0.4) is 0 Å². The number of pyridine rings is 1. The maximum Gasteiger partial charge on any atom is 0.265 e. The normalized spacial score (nSPS) is 11.5. The summed E-state index contributed by atoms with van der Waals surface area (Å²) in [7, 11) is 0. The van der Waals surface area contributed by atoms with Crippen LogP contribution >= 0.6 is 11.6 Å². The molecule has 160 valence electrons. The summed E-state index contributed by atoms with van der Waals surface area (Å²) in [6.07, 6.45) is 2.59. The molecule has 31 heavy (non-hydrogen) atoms. The molecule has 7 heteroatoms. The third-order valence-electron chi connectivity index (χ3n) is 4.70. The van der Waals surface area contributed by atoms with Gasteiger partial charge in [0.25, 0.3) is 11.8 Å². The summed E-state index contributed by atoms with van der Waals surface area (Å²) in [6, 6.07) is 14.1. The highest BCUT2D eigenvalue weighted by atomic mass is 35.5. The number of nitrogens with one attached hydrogen (secondary N) is 2. The number of anilines is 1. The Bertz CT molecular complexity index is 1060. The lowest BCUT2D eigenvalue weighted by Gasteiger charge is -2.17. The smallest absolute Gasteiger partial charge is 0.265 e. The van der Waals surface area contributed by atoms with E-state index in [-0.39, 0.29) is 11.8 Å². The molecule has 1 atom stereocenters. The van der Waals surface area contributed by atoms with E-state index in [1.54, 1.807) is 61.8 Å². The number of amides is 2. The first-order valence-electron chi connectivity index (χ1n) is 9.85. The average molecular weight is 438 g/mol. The fraction of sp³-hybridized carbons (Fsp3) is 0.208. The molecule has 0 aliphatic carbocycles. The van der Waals surface area contributed by atoms with Crippen molar-refractivity contribution in [1.29, 1.82) is 0 Å². The zero-order valence-corrected chi connectivity index (χ0v) is 18.4. The fourth-order valence-corrected chi connectivity index (χ4v) is 3.15. The van der Waals surface area contributed by atoms with Crippen molar-refractivity contribution < 1.29 is 14.3 Å². The minimum absolute atomic E-state index is 0.294. The van der Waals surface area contributed by atoms with Crippen LogP contribution in [0.25, 0.3) is 0 Å². The van der Waals surface area contributed by atoms with Crippen molar-refractivity contribution in [2.24, 2.45) is 0 Å². The van der Waals surface area contributed by atoms with Gasteiger partial charge < -0.3 is 15.4 Å². The number of hydrogen-bond donors (Lipinski definition) is 2. The second-order valence-corrected chi connectivity index (χ2v) is 7.59. The highest BCUT2D eigenvalue weighted by Gasteiger charge is 2.19. The molecule has 0 spiro atoms. The molecular formula is C24H24ClN3O3. The van der Waals surface area contributed by atoms with Gasteiger partial charge in [-0.3, -0.25) is 14.6 Å². The molecule has 3 rings (SSSR count). The number of nitrogens with zero attached hydrogens (tertiary/aromatic N) is 1. The molecule has 2 amide bonds. The minimum atomic E-state index is -0.772. The van der Waals surface area contributed by atoms with Gasteiger partial charge in [0.05, 0.1) is 11.3 Å². The van der Waals surface area contributed by atoms with Gasteiger partial charge in [-0.15, -0.1) is 0 Å². The molecule has 0 radical (unpaired) electrons. The quantitative estimate of drug-likeness (QED) is 0.562. The van der Waals surface area contributed by atoms with Crippen molar-refractivity contribution >= 4 is 29.1 Å². The lowest BCUT2D eigenvalue weighted by molar-refractivity contribution is -0.122. The average Bonchev–Trinajstić information content (AvgIpc) is 2.76. The van der Waals surface area contributed by atoms with Crippen molar-refractivity contribution in [2.75, 3.05) is 5.32 Å². The van der Waals surface area contributed by atoms with Gasteiger partial charge in [0.1, 0.15) is 5.75 Å². The van der Waals surface area contributed by atoms with E-state index in [4.69, 9.17) is 16.3 Å². The van der Waals surface area contributed by atoms with Crippen molar-refractivity contribution in [3.05, 3.63) is 88.2 Å². The number of carbonyl (C=O) groups excluding carboxylic acids is 2. The Morgan fingerprint density at radius 2 is 1.81 bits per heavy atom. The maximum absolute atomic E-state index is 12.7. The minimum Gasteiger partial charge on any atom is -0.481 e. The zero-order chi connectivity index (χ0) is 22.4. The van der Waals surface area contributed by atoms with E-state index in [0.717, 1.165) is 16.7 Å². The number of rotatable bonds is 7. The molecule has 2 N–H and O–H groups in total. The Kier molecular flexibility index (Phi) is 7.26. The lowest BCUT2D eigenvalue weighted by Crippen LogP contribution is -2.31. The van der Waals surface area contributed by atoms with E-state index < -0.39 is 6.10 Å². The van der Waals surface area contributed by atoms with Crippen LogP contribution in [0.4, 0.5) is 5.69 Å². The molecule has 0 aliphatic rings. The number of ether oxygens (including phenoxy) is 1. The number of hydrogen-bond acceptors (Lipinski definition) is 4. The summed E-state index contributed by atoms with van der Waals surface area (Å²) >= 11 is 6.19. The van der Waals surface area contributed by atoms with E-state index in [1.807, 2.05) is 19.9 Å². The molecule has 2 aromatic carbocycles. The van der Waals surface area contributed by atoms with Gasteiger partial charge in [-0.05, 0) is 67.8 Å². The summed E-state index contributed by atoms with van der Waals surface area (Å²) in [4.78, 5) is 29.4. The van der Waals surface area contributed by atoms with E-state index in [0.29, 0.717) is 28.6 Å². The van der Waals surface area contributed by atoms with Crippen molar-refractivity contribution in [2.45, 2.75) is 33.4 Å². The molecule has 0 bridgehead atoms. The first-order valence-corrected chi connectivity index (χ1v) is 10.2. The van der Waals surface area contributed by atoms with Gasteiger partial charge in [0.15, 0.2) is 6.10 Å². The highest BCUT2D eigenvalue weighted by Crippen LogP contribution is 2.26. The van der Waals surface area contributed by atoms with Crippen LogP contribution in [-0.4, -0.2) is 22.9 Å². The van der Waals surface area contributed by atoms with E-state index in [9.17, 15) is 9.59 Å². The second-order valence-electron chi connectivity index (χ2n) is 7.21. The number of halogens is 1. The van der Waals surface area contributed by atoms with Crippen LogP contribution in [0.2, 0.25) is 5.02 Å². The van der Waals surface area contributed by atoms with Crippen LogP contribution in [0.1, 0.15) is 34.0 Å². The molecule has 0 saturated heterocycles. The molecule has 0 fully saturated rings. The van der Waals surface area contributed by atoms with Gasteiger partial charge in [0.2, 0.25) is 0 Å². The van der Waals surface area contributed by atoms with Crippen molar-refractivity contribution in [3.8, 4) is 5.75 Å². The maximum atomic E-state index is 12.7. The Morgan fingerprint density at radius 1 is 1.10 bits per heavy atom. The first-order chi connectivity index (χ1) is 14.8. The van der Waals surface area contributed by atoms with Gasteiger partial charge in [-0.25, -0.2) is 0 Å². The summed E-state index contributed by atoms with van der Waals surface area (Å²) < 4.78 is 5.79. The van der Waals surface area contributed by atoms with E-state index >= 15 is 0 Å². The van der Waals surface area contributed by atoms with Crippen LogP contribution in [0.5, 0.6) is 5.75 Å². The second kappa shape index (κ2) is 10.1. The van der Waals surface area contributed by atoms with Crippen molar-refractivity contribution in [1.82, 2.24) is 10.3 Å². The highest BCUT2D eigenvalue weighted by molar-refractivity contribution is 6.32. The molecule has 0 saturated carbocycles. The van der Waals surface area contributed by atoms with E-state index in [1.165, 1.54) is 0 Å². The number of para-hydroxylation sites is 1. The standard InChI is InChI=1S/C24H24ClN3O3/c1-15-11-19(12-16(2)22(15)25)31-17(3)23(29)28-21-9-5-4-8-20(21)24(30)27-14-18-7-6-10-26-13-18/h4-13,17H,14H2,1-3H3,(H,27,30)(H,28,29). The van der Waals surface area contributed by atoms with Crippen LogP contribution in [0.15, 0.2) is 60.9 Å². The Labute approximate surface area is 186 Å². The SMILES string of the molecule is Cc1cc(OC(C)C(=O)Nc2ccccc2C(=O)NCc2cccnc2)cc(C)c1Cl. The molecule has 1 unspecified atom stereocenters. The number of aryl methyl sites for hydroxylation is 2.